The minimum absolute atomic E-state index is 0.181. The third-order valence-electron chi connectivity index (χ3n) is 4.06. The Labute approximate surface area is 130 Å². The highest BCUT2D eigenvalue weighted by molar-refractivity contribution is 5.52. The number of fused-ring (bicyclic) bond motifs is 1. The van der Waals surface area contributed by atoms with Crippen LogP contribution in [-0.2, 0) is 11.3 Å². The number of aliphatic hydroxyl groups is 1. The van der Waals surface area contributed by atoms with Gasteiger partial charge in [0.1, 0.15) is 11.5 Å². The molecule has 0 bridgehead atoms. The number of rotatable bonds is 3. The van der Waals surface area contributed by atoms with Gasteiger partial charge in [0.15, 0.2) is 0 Å². The van der Waals surface area contributed by atoms with Crippen LogP contribution in [0.15, 0.2) is 42.5 Å². The molecule has 0 aliphatic carbocycles. The van der Waals surface area contributed by atoms with E-state index in [-0.39, 0.29) is 5.92 Å². The van der Waals surface area contributed by atoms with Crippen LogP contribution in [-0.4, -0.2) is 32.0 Å². The topological polar surface area (TPSA) is 47.9 Å². The van der Waals surface area contributed by atoms with Crippen molar-refractivity contribution in [2.24, 2.45) is 0 Å². The summed E-state index contributed by atoms with van der Waals surface area (Å²) in [5.74, 6) is 1.26. The first-order valence-electron chi connectivity index (χ1n) is 7.30. The maximum Gasteiger partial charge on any atom is 0.126 e. The maximum atomic E-state index is 10.6. The van der Waals surface area contributed by atoms with E-state index < -0.39 is 6.10 Å². The van der Waals surface area contributed by atoms with E-state index >= 15 is 0 Å². The molecule has 4 nitrogen and oxygen atoms in total. The monoisotopic (exact) mass is 300 g/mol. The van der Waals surface area contributed by atoms with Gasteiger partial charge in [0.25, 0.3) is 0 Å². The summed E-state index contributed by atoms with van der Waals surface area (Å²) in [5.41, 5.74) is 3.01. The molecule has 2 aromatic carbocycles. The summed E-state index contributed by atoms with van der Waals surface area (Å²) in [7, 11) is 3.26. The predicted molar refractivity (Wildman–Crippen MR) is 83.5 cm³/mol. The quantitative estimate of drug-likeness (QED) is 0.947. The summed E-state index contributed by atoms with van der Waals surface area (Å²) in [5, 5.41) is 10.6. The van der Waals surface area contributed by atoms with E-state index in [1.54, 1.807) is 14.2 Å². The molecule has 0 radical (unpaired) electrons. The zero-order valence-corrected chi connectivity index (χ0v) is 12.8. The molecule has 0 saturated carbocycles. The van der Waals surface area contributed by atoms with Crippen molar-refractivity contribution in [2.75, 3.05) is 20.8 Å². The molecule has 2 atom stereocenters. The van der Waals surface area contributed by atoms with Crippen molar-refractivity contribution >= 4 is 0 Å². The molecule has 0 amide bonds. The van der Waals surface area contributed by atoms with Gasteiger partial charge in [-0.25, -0.2) is 0 Å². The molecule has 0 aromatic heterocycles. The molecule has 1 heterocycles. The molecule has 22 heavy (non-hydrogen) atoms. The normalized spacial score (nSPS) is 20.9. The van der Waals surface area contributed by atoms with Crippen LogP contribution in [0.1, 0.15) is 22.6 Å². The Morgan fingerprint density at radius 1 is 1.09 bits per heavy atom. The van der Waals surface area contributed by atoms with Gasteiger partial charge in [-0.2, -0.15) is 0 Å². The lowest BCUT2D eigenvalue weighted by Gasteiger charge is -2.24. The van der Waals surface area contributed by atoms with E-state index in [1.165, 1.54) is 0 Å². The SMILES string of the molecule is COc1cc2c(c(OC)c1)[C@H](c1ccccc1)[C@@H](O)COC2. The fourth-order valence-electron chi connectivity index (χ4n) is 3.04. The Hall–Kier alpha value is -2.04. The fourth-order valence-corrected chi connectivity index (χ4v) is 3.04. The number of benzene rings is 2. The first kappa shape index (κ1) is 14.9. The lowest BCUT2D eigenvalue weighted by atomic mass is 9.84. The Morgan fingerprint density at radius 2 is 1.86 bits per heavy atom. The summed E-state index contributed by atoms with van der Waals surface area (Å²) in [6.07, 6.45) is -0.619. The minimum atomic E-state index is -0.619. The van der Waals surface area contributed by atoms with Crippen molar-refractivity contribution in [3.63, 3.8) is 0 Å². The zero-order chi connectivity index (χ0) is 15.5. The van der Waals surface area contributed by atoms with Crippen LogP contribution in [0.2, 0.25) is 0 Å². The smallest absolute Gasteiger partial charge is 0.126 e. The molecule has 0 saturated heterocycles. The molecule has 0 unspecified atom stereocenters. The highest BCUT2D eigenvalue weighted by Gasteiger charge is 2.31. The van der Waals surface area contributed by atoms with Crippen LogP contribution in [0.5, 0.6) is 11.5 Å². The van der Waals surface area contributed by atoms with Crippen molar-refractivity contribution in [1.29, 1.82) is 0 Å². The van der Waals surface area contributed by atoms with Gasteiger partial charge in [0.2, 0.25) is 0 Å². The first-order valence-corrected chi connectivity index (χ1v) is 7.30. The number of methoxy groups -OCH3 is 2. The lowest BCUT2D eigenvalue weighted by Crippen LogP contribution is -2.23. The van der Waals surface area contributed by atoms with Gasteiger partial charge in [0, 0.05) is 17.5 Å². The van der Waals surface area contributed by atoms with Gasteiger partial charge < -0.3 is 19.3 Å². The molecule has 1 aliphatic heterocycles. The Balaban J connectivity index is 2.19. The molecule has 3 rings (SSSR count). The number of ether oxygens (including phenoxy) is 3. The van der Waals surface area contributed by atoms with Crippen LogP contribution < -0.4 is 9.47 Å². The number of hydrogen-bond acceptors (Lipinski definition) is 4. The summed E-state index contributed by atoms with van der Waals surface area (Å²) in [6.45, 7) is 0.725. The standard InChI is InChI=1S/C18H20O4/c1-20-14-8-13-10-22-11-15(19)17(12-6-4-3-5-7-12)18(13)16(9-14)21-2/h3-9,15,17,19H,10-11H2,1-2H3/t15-,17+/m0/s1. The Morgan fingerprint density at radius 3 is 2.55 bits per heavy atom. The van der Waals surface area contributed by atoms with Crippen molar-refractivity contribution in [3.05, 3.63) is 59.2 Å². The van der Waals surface area contributed by atoms with Crippen LogP contribution in [0.25, 0.3) is 0 Å². The fraction of sp³-hybridized carbons (Fsp3) is 0.333. The molecule has 1 N–H and O–H groups in total. The van der Waals surface area contributed by atoms with Gasteiger partial charge >= 0.3 is 0 Å². The lowest BCUT2D eigenvalue weighted by molar-refractivity contribution is 0.0296. The van der Waals surface area contributed by atoms with Crippen molar-refractivity contribution in [1.82, 2.24) is 0 Å². The third kappa shape index (κ3) is 2.67. The highest BCUT2D eigenvalue weighted by atomic mass is 16.5. The summed E-state index contributed by atoms with van der Waals surface area (Å²) < 4.78 is 16.5. The zero-order valence-electron chi connectivity index (χ0n) is 12.8. The average Bonchev–Trinajstić information content (AvgIpc) is 2.73. The van der Waals surface area contributed by atoms with Crippen molar-refractivity contribution in [2.45, 2.75) is 18.6 Å². The second kappa shape index (κ2) is 6.38. The molecule has 1 aliphatic rings. The van der Waals surface area contributed by atoms with Crippen LogP contribution in [0.3, 0.4) is 0 Å². The molecule has 0 spiro atoms. The third-order valence-corrected chi connectivity index (χ3v) is 4.06. The molecular weight excluding hydrogens is 280 g/mol. The van der Waals surface area contributed by atoms with E-state index in [0.29, 0.717) is 19.0 Å². The largest absolute Gasteiger partial charge is 0.497 e. The van der Waals surface area contributed by atoms with Crippen LogP contribution in [0, 0.1) is 0 Å². The van der Waals surface area contributed by atoms with E-state index in [1.807, 2.05) is 42.5 Å². The second-order valence-electron chi connectivity index (χ2n) is 5.37. The molecular formula is C18H20O4. The van der Waals surface area contributed by atoms with Crippen LogP contribution in [0.4, 0.5) is 0 Å². The summed E-state index contributed by atoms with van der Waals surface area (Å²) in [4.78, 5) is 0. The van der Waals surface area contributed by atoms with E-state index in [4.69, 9.17) is 14.2 Å². The summed E-state index contributed by atoms with van der Waals surface area (Å²) in [6, 6.07) is 13.8. The van der Waals surface area contributed by atoms with Gasteiger partial charge in [-0.3, -0.25) is 0 Å². The first-order chi connectivity index (χ1) is 10.7. The number of aliphatic hydroxyl groups excluding tert-OH is 1. The maximum absolute atomic E-state index is 10.6. The van der Waals surface area contributed by atoms with Crippen molar-refractivity contribution < 1.29 is 19.3 Å². The number of hydrogen-bond donors (Lipinski definition) is 1. The van der Waals surface area contributed by atoms with E-state index in [2.05, 4.69) is 0 Å². The Bertz CT molecular complexity index is 639. The van der Waals surface area contributed by atoms with E-state index in [9.17, 15) is 5.11 Å². The van der Waals surface area contributed by atoms with Gasteiger partial charge in [-0.05, 0) is 17.2 Å². The van der Waals surface area contributed by atoms with Gasteiger partial charge in [-0.15, -0.1) is 0 Å². The predicted octanol–water partition coefficient (Wildman–Crippen LogP) is 2.73. The van der Waals surface area contributed by atoms with Gasteiger partial charge in [-0.1, -0.05) is 30.3 Å². The molecule has 0 fully saturated rings. The summed E-state index contributed by atoms with van der Waals surface area (Å²) >= 11 is 0. The molecule has 4 heteroatoms. The highest BCUT2D eigenvalue weighted by Crippen LogP contribution is 2.41. The van der Waals surface area contributed by atoms with E-state index in [0.717, 1.165) is 22.4 Å². The average molecular weight is 300 g/mol. The molecule has 2 aromatic rings. The van der Waals surface area contributed by atoms with Crippen molar-refractivity contribution in [3.8, 4) is 11.5 Å². The van der Waals surface area contributed by atoms with Crippen LogP contribution >= 0.6 is 0 Å². The Kier molecular flexibility index (Phi) is 4.32. The second-order valence-corrected chi connectivity index (χ2v) is 5.37. The van der Waals surface area contributed by atoms with Gasteiger partial charge in [0.05, 0.1) is 33.5 Å². The molecule has 116 valence electrons. The minimum Gasteiger partial charge on any atom is -0.497 e.